The van der Waals surface area contributed by atoms with Crippen LogP contribution >= 0.6 is 0 Å². The summed E-state index contributed by atoms with van der Waals surface area (Å²) in [5.74, 6) is -3.42. The lowest BCUT2D eigenvalue weighted by Gasteiger charge is -2.47. The van der Waals surface area contributed by atoms with Crippen molar-refractivity contribution in [1.82, 2.24) is 0 Å². The highest BCUT2D eigenvalue weighted by Gasteiger charge is 2.60. The molecule has 7 aliphatic rings. The van der Waals surface area contributed by atoms with Gasteiger partial charge in [0.2, 0.25) is 0 Å². The van der Waals surface area contributed by atoms with Gasteiger partial charge in [0.1, 0.15) is 35.9 Å². The topological polar surface area (TPSA) is 208 Å². The molecule has 1 aromatic carbocycles. The SMILES string of the molecule is CO[C@H]1C[C@H](O[C@@H]2/C(C)=C/C[C@@H]3C[C@@H](C[C@]4(C=C[C@H](C)[C@@H](CC(C)C)O4)O3)OC(=O)[C@@H]3C=C(C)[C@@H](O)[C@H]4OC/C(=C\C=C\[C@@H]2C)[C@]43O)O[C@@H](C)[C@@H]1O[C@H]1C[C@H](OC)[C@@H](C(C#N)S(=O)(=O)c2ccccc2)[C@H](C)O1. The summed E-state index contributed by atoms with van der Waals surface area (Å²) in [5, 5.41) is 32.7. The van der Waals surface area contributed by atoms with Crippen molar-refractivity contribution in [3.63, 3.8) is 0 Å². The average molecular weight is 1040 g/mol. The minimum absolute atomic E-state index is 0.000729. The normalized spacial score (nSPS) is 43.6. The van der Waals surface area contributed by atoms with Gasteiger partial charge in [-0.15, -0.1) is 0 Å². The fourth-order valence-corrected chi connectivity index (χ4v) is 13.8. The van der Waals surface area contributed by atoms with E-state index < -0.39 is 118 Å². The number of carbonyl (C=O) groups excluding carboxylic acids is 1. The summed E-state index contributed by atoms with van der Waals surface area (Å²) in [4.78, 5) is 14.5. The van der Waals surface area contributed by atoms with Gasteiger partial charge in [-0.05, 0) is 81.4 Å². The van der Waals surface area contributed by atoms with E-state index >= 15 is 0 Å². The Morgan fingerprint density at radius 3 is 2.29 bits per heavy atom. The summed E-state index contributed by atoms with van der Waals surface area (Å²) in [6, 6.07) is 9.98. The molecule has 402 valence electrons. The first-order chi connectivity index (χ1) is 34.7. The van der Waals surface area contributed by atoms with Crippen LogP contribution in [-0.4, -0.2) is 142 Å². The number of hydrogen-bond acceptors (Lipinski definition) is 16. The van der Waals surface area contributed by atoms with Crippen molar-refractivity contribution in [3.05, 3.63) is 89.6 Å². The molecule has 4 fully saturated rings. The second-order valence-corrected chi connectivity index (χ2v) is 23.8. The second-order valence-electron chi connectivity index (χ2n) is 21.8. The van der Waals surface area contributed by atoms with Gasteiger partial charge < -0.3 is 57.6 Å². The van der Waals surface area contributed by atoms with Crippen LogP contribution in [0.5, 0.6) is 0 Å². The molecule has 73 heavy (non-hydrogen) atoms. The number of aliphatic hydroxyl groups is 2. The third-order valence-electron chi connectivity index (χ3n) is 16.1. The highest BCUT2D eigenvalue weighted by Crippen LogP contribution is 2.47. The lowest BCUT2D eigenvalue weighted by atomic mass is 9.71. The number of ether oxygens (including phenoxy) is 10. The number of carbonyl (C=O) groups is 1. The Hall–Kier alpha value is -3.61. The van der Waals surface area contributed by atoms with Crippen molar-refractivity contribution in [2.75, 3.05) is 20.8 Å². The zero-order valence-corrected chi connectivity index (χ0v) is 44.7. The Morgan fingerprint density at radius 2 is 1.59 bits per heavy atom. The number of rotatable bonds is 11. The molecule has 2 bridgehead atoms. The Morgan fingerprint density at radius 1 is 0.890 bits per heavy atom. The third kappa shape index (κ3) is 11.6. The minimum atomic E-state index is -4.05. The molecular formula is C56H77NO15S. The fraction of sp³-hybridized carbons (Fsp3) is 0.679. The molecule has 0 amide bonds. The molecule has 1 aliphatic carbocycles. The van der Waals surface area contributed by atoms with E-state index in [0.717, 1.165) is 12.0 Å². The van der Waals surface area contributed by atoms with Crippen LogP contribution in [-0.2, 0) is 62.0 Å². The number of nitriles is 1. The number of allylic oxidation sites excluding steroid dienone is 2. The number of nitrogens with zero attached hydrogens (tertiary/aromatic N) is 1. The van der Waals surface area contributed by atoms with Crippen molar-refractivity contribution in [2.45, 2.75) is 195 Å². The van der Waals surface area contributed by atoms with Gasteiger partial charge in [-0.3, -0.25) is 4.79 Å². The zero-order valence-electron chi connectivity index (χ0n) is 43.9. The molecular weight excluding hydrogens is 959 g/mol. The van der Waals surface area contributed by atoms with Crippen LogP contribution in [0.25, 0.3) is 0 Å². The molecule has 1 aromatic rings. The van der Waals surface area contributed by atoms with E-state index in [1.807, 2.05) is 45.1 Å². The first kappa shape index (κ1) is 55.6. The predicted octanol–water partition coefficient (Wildman–Crippen LogP) is 7.00. The Balaban J connectivity index is 1.03. The number of fused-ring (bicyclic) bond motifs is 2. The first-order valence-electron chi connectivity index (χ1n) is 26.1. The molecule has 8 rings (SSSR count). The van der Waals surface area contributed by atoms with E-state index in [1.165, 1.54) is 19.2 Å². The van der Waals surface area contributed by atoms with E-state index in [9.17, 15) is 28.7 Å². The number of aliphatic hydroxyl groups excluding tert-OH is 1. The van der Waals surface area contributed by atoms with Crippen LogP contribution in [0.4, 0.5) is 0 Å². The van der Waals surface area contributed by atoms with Gasteiger partial charge in [0.15, 0.2) is 33.5 Å². The van der Waals surface area contributed by atoms with Crippen LogP contribution in [0.2, 0.25) is 0 Å². The summed E-state index contributed by atoms with van der Waals surface area (Å²) < 4.78 is 92.2. The van der Waals surface area contributed by atoms with E-state index in [1.54, 1.807) is 51.3 Å². The Labute approximate surface area is 431 Å². The van der Waals surface area contributed by atoms with E-state index in [0.29, 0.717) is 36.3 Å². The zero-order chi connectivity index (χ0) is 52.6. The van der Waals surface area contributed by atoms with Gasteiger partial charge in [0, 0.05) is 57.7 Å². The van der Waals surface area contributed by atoms with Crippen LogP contribution in [0.15, 0.2) is 94.5 Å². The number of sulfone groups is 1. The molecule has 6 aliphatic heterocycles. The lowest BCUT2D eigenvalue weighted by molar-refractivity contribution is -0.314. The van der Waals surface area contributed by atoms with Gasteiger partial charge in [-0.1, -0.05) is 82.4 Å². The largest absolute Gasteiger partial charge is 0.462 e. The van der Waals surface area contributed by atoms with Crippen molar-refractivity contribution in [1.29, 1.82) is 5.26 Å². The van der Waals surface area contributed by atoms with Gasteiger partial charge in [-0.25, -0.2) is 8.42 Å². The van der Waals surface area contributed by atoms with Crippen molar-refractivity contribution < 1.29 is 70.8 Å². The maximum atomic E-state index is 14.4. The highest BCUT2D eigenvalue weighted by molar-refractivity contribution is 7.92. The molecule has 16 nitrogen and oxygen atoms in total. The van der Waals surface area contributed by atoms with Gasteiger partial charge in [0.25, 0.3) is 0 Å². The van der Waals surface area contributed by atoms with Crippen LogP contribution in [0.3, 0.4) is 0 Å². The van der Waals surface area contributed by atoms with Gasteiger partial charge in [-0.2, -0.15) is 5.26 Å². The molecule has 1 spiro atoms. The number of methoxy groups -OCH3 is 2. The lowest BCUT2D eigenvalue weighted by Crippen LogP contribution is -2.58. The molecule has 17 heteroatoms. The summed E-state index contributed by atoms with van der Waals surface area (Å²) in [7, 11) is -0.950. The summed E-state index contributed by atoms with van der Waals surface area (Å²) in [6.07, 6.45) is 7.21. The predicted molar refractivity (Wildman–Crippen MR) is 268 cm³/mol. The van der Waals surface area contributed by atoms with Crippen LogP contribution in [0.1, 0.15) is 93.9 Å². The number of hydrogen-bond donors (Lipinski definition) is 2. The van der Waals surface area contributed by atoms with Crippen molar-refractivity contribution in [3.8, 4) is 6.07 Å². The summed E-state index contributed by atoms with van der Waals surface area (Å²) in [6.45, 7) is 15.8. The average Bonchev–Trinajstić information content (AvgIpc) is 3.69. The fourth-order valence-electron chi connectivity index (χ4n) is 12.1. The highest BCUT2D eigenvalue weighted by atomic mass is 32.2. The Kier molecular flexibility index (Phi) is 17.5. The smallest absolute Gasteiger partial charge is 0.316 e. The maximum Gasteiger partial charge on any atom is 0.316 e. The van der Waals surface area contributed by atoms with Crippen LogP contribution in [0, 0.1) is 40.9 Å². The minimum Gasteiger partial charge on any atom is -0.462 e. The van der Waals surface area contributed by atoms with Crippen molar-refractivity contribution >= 4 is 15.8 Å². The molecule has 6 heterocycles. The summed E-state index contributed by atoms with van der Waals surface area (Å²) >= 11 is 0. The summed E-state index contributed by atoms with van der Waals surface area (Å²) in [5.41, 5.74) is 0.00145. The second kappa shape index (κ2) is 22.9. The Bertz CT molecular complexity index is 2420. The number of esters is 1. The quantitative estimate of drug-likeness (QED) is 0.169. The van der Waals surface area contributed by atoms with E-state index in [-0.39, 0.29) is 42.3 Å². The molecule has 20 atom stereocenters. The van der Waals surface area contributed by atoms with Crippen molar-refractivity contribution in [2.24, 2.45) is 29.6 Å². The molecule has 0 saturated carbocycles. The molecule has 0 radical (unpaired) electrons. The van der Waals surface area contributed by atoms with E-state index in [4.69, 9.17) is 47.4 Å². The molecule has 1 unspecified atom stereocenters. The van der Waals surface area contributed by atoms with Gasteiger partial charge >= 0.3 is 5.97 Å². The van der Waals surface area contributed by atoms with E-state index in [2.05, 4.69) is 32.9 Å². The molecule has 0 aromatic heterocycles. The maximum absolute atomic E-state index is 14.4. The molecule has 2 N–H and O–H groups in total. The van der Waals surface area contributed by atoms with Gasteiger partial charge in [0.05, 0.1) is 60.3 Å². The third-order valence-corrected chi connectivity index (χ3v) is 18.1. The standard InChI is InChI=1S/C56H77NO15S/c1-31(2)23-43-32(3)21-22-55(72-43)28-40-25-39(71-55)20-19-34(5)51(33(4)15-14-16-38-30-65-53-50(58)35(6)24-42(54(59)68-40)56(38,53)60)69-48-27-45(64-10)52(37(8)67-48)70-47-26-44(63-9)49(36(7)66-47)46(29-57)73(61,62)41-17-12-11-13-18-41/h11-19,21-22,24,31-33,36-37,39-40,42-53,58,60H,20,23,25-28,30H2,1-10H3/b15-14+,34-19+,38-16+/t32-,33-,36-,37-,39+,40-,42-,43+,44-,45-,46?,47-,48-,49-,50+,51-,52-,53+,55+,56+/m0/s1. The monoisotopic (exact) mass is 1040 g/mol. The first-order valence-corrected chi connectivity index (χ1v) is 27.6. The molecule has 4 saturated heterocycles. The van der Waals surface area contributed by atoms with Crippen LogP contribution < -0.4 is 0 Å². The number of benzene rings is 1.